The van der Waals surface area contributed by atoms with Crippen molar-refractivity contribution in [1.82, 2.24) is 10.6 Å². The van der Waals surface area contributed by atoms with Crippen LogP contribution in [0.2, 0.25) is 0 Å². The van der Waals surface area contributed by atoms with Crippen molar-refractivity contribution in [3.63, 3.8) is 0 Å². The Labute approximate surface area is 155 Å². The number of nitrogens with one attached hydrogen (secondary N) is 2. The highest BCUT2D eigenvalue weighted by molar-refractivity contribution is 5.78. The first-order valence-corrected chi connectivity index (χ1v) is 10.0. The fourth-order valence-corrected chi connectivity index (χ4v) is 4.23. The van der Waals surface area contributed by atoms with Gasteiger partial charge in [-0.2, -0.15) is 0 Å². The maximum atomic E-state index is 12.4. The van der Waals surface area contributed by atoms with Crippen LogP contribution in [0.15, 0.2) is 24.3 Å². The molecule has 1 aliphatic heterocycles. The molecule has 2 N–H and O–H groups in total. The Morgan fingerprint density at radius 2 is 1.77 bits per heavy atom. The van der Waals surface area contributed by atoms with E-state index in [1.54, 1.807) is 0 Å². The van der Waals surface area contributed by atoms with Crippen LogP contribution in [-0.4, -0.2) is 37.5 Å². The summed E-state index contributed by atoms with van der Waals surface area (Å²) in [5.41, 5.74) is 2.56. The van der Waals surface area contributed by atoms with Gasteiger partial charge in [0.1, 0.15) is 0 Å². The van der Waals surface area contributed by atoms with Gasteiger partial charge in [0.25, 0.3) is 0 Å². The Morgan fingerprint density at radius 1 is 1.12 bits per heavy atom. The van der Waals surface area contributed by atoms with Crippen molar-refractivity contribution in [3.8, 4) is 0 Å². The summed E-state index contributed by atoms with van der Waals surface area (Å²) in [7, 11) is 0. The summed E-state index contributed by atoms with van der Waals surface area (Å²) in [4.78, 5) is 12.4. The van der Waals surface area contributed by atoms with Crippen molar-refractivity contribution in [2.75, 3.05) is 19.8 Å². The van der Waals surface area contributed by atoms with Gasteiger partial charge in [-0.15, -0.1) is 0 Å². The third-order valence-electron chi connectivity index (χ3n) is 5.94. The van der Waals surface area contributed by atoms with Gasteiger partial charge in [0.15, 0.2) is 5.79 Å². The van der Waals surface area contributed by atoms with Crippen LogP contribution in [0, 0.1) is 12.8 Å². The monoisotopic (exact) mass is 358 g/mol. The minimum absolute atomic E-state index is 0.0944. The number of aryl methyl sites for hydroxylation is 1. The minimum Gasteiger partial charge on any atom is -0.352 e. The molecule has 1 saturated heterocycles. The molecule has 0 bridgehead atoms. The summed E-state index contributed by atoms with van der Waals surface area (Å²) in [6.45, 7) is 3.88. The summed E-state index contributed by atoms with van der Waals surface area (Å²) in [6.07, 6.45) is 6.10. The molecular weight excluding hydrogens is 328 g/mol. The molecule has 3 aliphatic rings. The van der Waals surface area contributed by atoms with Crippen LogP contribution in [-0.2, 0) is 14.3 Å². The van der Waals surface area contributed by atoms with Gasteiger partial charge < -0.3 is 20.1 Å². The van der Waals surface area contributed by atoms with E-state index in [0.29, 0.717) is 25.7 Å². The largest absolute Gasteiger partial charge is 0.352 e. The standard InChI is InChI=1S/C21H30N2O3/c1-15-2-4-16(5-3-15)20(17-6-7-17)22-14-19(24)23-18-8-10-21(11-9-18)25-12-13-26-21/h2-5,17-18,20,22H,6-14H2,1H3,(H,23,24). The third-order valence-corrected chi connectivity index (χ3v) is 5.94. The van der Waals surface area contributed by atoms with Crippen molar-refractivity contribution in [2.24, 2.45) is 5.92 Å². The van der Waals surface area contributed by atoms with Crippen LogP contribution >= 0.6 is 0 Å². The van der Waals surface area contributed by atoms with Crippen LogP contribution < -0.4 is 10.6 Å². The third kappa shape index (κ3) is 4.27. The Balaban J connectivity index is 1.25. The normalized spacial score (nSPS) is 23.9. The van der Waals surface area contributed by atoms with E-state index < -0.39 is 0 Å². The van der Waals surface area contributed by atoms with E-state index in [0.717, 1.165) is 25.7 Å². The number of carbonyl (C=O) groups excluding carboxylic acids is 1. The van der Waals surface area contributed by atoms with E-state index in [-0.39, 0.29) is 23.8 Å². The number of hydrogen-bond acceptors (Lipinski definition) is 4. The average Bonchev–Trinajstić information content (AvgIpc) is 3.38. The van der Waals surface area contributed by atoms with Crippen LogP contribution in [0.25, 0.3) is 0 Å². The fraction of sp³-hybridized carbons (Fsp3) is 0.667. The van der Waals surface area contributed by atoms with Crippen molar-refractivity contribution >= 4 is 5.91 Å². The molecule has 1 amide bonds. The zero-order chi connectivity index (χ0) is 18.0. The van der Waals surface area contributed by atoms with Crippen LogP contribution in [0.3, 0.4) is 0 Å². The topological polar surface area (TPSA) is 59.6 Å². The summed E-state index contributed by atoms with van der Waals surface area (Å²) in [6, 6.07) is 9.20. The Morgan fingerprint density at radius 3 is 2.38 bits per heavy atom. The highest BCUT2D eigenvalue weighted by Gasteiger charge is 2.40. The minimum atomic E-state index is -0.359. The number of rotatable bonds is 6. The molecule has 4 rings (SSSR count). The van der Waals surface area contributed by atoms with Gasteiger partial charge in [-0.25, -0.2) is 0 Å². The maximum Gasteiger partial charge on any atom is 0.234 e. The molecule has 3 fully saturated rings. The number of benzene rings is 1. The first kappa shape index (κ1) is 18.0. The molecule has 1 heterocycles. The molecule has 1 unspecified atom stereocenters. The van der Waals surface area contributed by atoms with E-state index in [1.807, 2.05) is 0 Å². The molecule has 1 aromatic rings. The predicted molar refractivity (Wildman–Crippen MR) is 99.7 cm³/mol. The van der Waals surface area contributed by atoms with E-state index in [9.17, 15) is 4.79 Å². The number of carbonyl (C=O) groups is 1. The lowest BCUT2D eigenvalue weighted by molar-refractivity contribution is -0.180. The molecular formula is C21H30N2O3. The lowest BCUT2D eigenvalue weighted by atomic mass is 9.90. The van der Waals surface area contributed by atoms with Crippen LogP contribution in [0.4, 0.5) is 0 Å². The zero-order valence-electron chi connectivity index (χ0n) is 15.6. The smallest absolute Gasteiger partial charge is 0.234 e. The number of amides is 1. The van der Waals surface area contributed by atoms with Crippen LogP contribution in [0.5, 0.6) is 0 Å². The molecule has 5 nitrogen and oxygen atoms in total. The molecule has 26 heavy (non-hydrogen) atoms. The predicted octanol–water partition coefficient (Wildman–Crippen LogP) is 2.84. The lowest BCUT2D eigenvalue weighted by Crippen LogP contribution is -2.46. The molecule has 1 atom stereocenters. The maximum absolute atomic E-state index is 12.4. The molecule has 1 aromatic carbocycles. The quantitative estimate of drug-likeness (QED) is 0.821. The van der Waals surface area contributed by atoms with Crippen molar-refractivity contribution in [3.05, 3.63) is 35.4 Å². The van der Waals surface area contributed by atoms with E-state index in [1.165, 1.54) is 24.0 Å². The number of ether oxygens (including phenoxy) is 2. The van der Waals surface area contributed by atoms with Crippen molar-refractivity contribution in [1.29, 1.82) is 0 Å². The van der Waals surface area contributed by atoms with E-state index in [2.05, 4.69) is 41.8 Å². The Bertz CT molecular complexity index is 611. The molecule has 1 spiro atoms. The zero-order valence-corrected chi connectivity index (χ0v) is 15.6. The van der Waals surface area contributed by atoms with Gasteiger partial charge in [0, 0.05) is 24.9 Å². The fourth-order valence-electron chi connectivity index (χ4n) is 4.23. The second kappa shape index (κ2) is 7.67. The van der Waals surface area contributed by atoms with Gasteiger partial charge in [-0.05, 0) is 44.1 Å². The van der Waals surface area contributed by atoms with E-state index >= 15 is 0 Å². The highest BCUT2D eigenvalue weighted by atomic mass is 16.7. The molecule has 0 radical (unpaired) electrons. The Kier molecular flexibility index (Phi) is 5.30. The first-order chi connectivity index (χ1) is 12.6. The second-order valence-corrected chi connectivity index (χ2v) is 8.06. The lowest BCUT2D eigenvalue weighted by Gasteiger charge is -2.35. The average molecular weight is 358 g/mol. The van der Waals surface area contributed by atoms with Crippen LogP contribution in [0.1, 0.15) is 55.7 Å². The highest BCUT2D eigenvalue weighted by Crippen LogP contribution is 2.41. The van der Waals surface area contributed by atoms with Gasteiger partial charge >= 0.3 is 0 Å². The molecule has 142 valence electrons. The van der Waals surface area contributed by atoms with Gasteiger partial charge in [0.2, 0.25) is 5.91 Å². The molecule has 0 aromatic heterocycles. The van der Waals surface area contributed by atoms with Gasteiger partial charge in [0.05, 0.1) is 19.8 Å². The van der Waals surface area contributed by atoms with Gasteiger partial charge in [-0.3, -0.25) is 4.79 Å². The second-order valence-electron chi connectivity index (χ2n) is 8.06. The molecule has 2 aliphatic carbocycles. The molecule has 2 saturated carbocycles. The Hall–Kier alpha value is -1.43. The summed E-state index contributed by atoms with van der Waals surface area (Å²) in [5, 5.41) is 6.68. The number of hydrogen-bond donors (Lipinski definition) is 2. The van der Waals surface area contributed by atoms with Gasteiger partial charge in [-0.1, -0.05) is 29.8 Å². The van der Waals surface area contributed by atoms with E-state index in [4.69, 9.17) is 9.47 Å². The summed E-state index contributed by atoms with van der Waals surface area (Å²) < 4.78 is 11.5. The summed E-state index contributed by atoms with van der Waals surface area (Å²) >= 11 is 0. The summed E-state index contributed by atoms with van der Waals surface area (Å²) in [5.74, 6) is 0.399. The first-order valence-electron chi connectivity index (χ1n) is 10.0. The van der Waals surface area contributed by atoms with Crippen molar-refractivity contribution in [2.45, 2.75) is 63.3 Å². The molecule has 5 heteroatoms. The SMILES string of the molecule is Cc1ccc(C(NCC(=O)NC2CCC3(CC2)OCCO3)C2CC2)cc1. The van der Waals surface area contributed by atoms with Crippen molar-refractivity contribution < 1.29 is 14.3 Å².